The van der Waals surface area contributed by atoms with Crippen LogP contribution in [0.1, 0.15) is 155 Å². The Bertz CT molecular complexity index is 348. The Labute approximate surface area is 176 Å². The van der Waals surface area contributed by atoms with Gasteiger partial charge in [0.2, 0.25) is 0 Å². The lowest BCUT2D eigenvalue weighted by atomic mass is 10.0. The van der Waals surface area contributed by atoms with Crippen molar-refractivity contribution in [2.75, 3.05) is 0 Å². The van der Waals surface area contributed by atoms with Crippen LogP contribution < -0.4 is 0 Å². The van der Waals surface area contributed by atoms with Crippen LogP contribution in [0.3, 0.4) is 0 Å². The van der Waals surface area contributed by atoms with Gasteiger partial charge in [0.05, 0.1) is 6.42 Å². The molecule has 0 N–H and O–H groups in total. The summed E-state index contributed by atoms with van der Waals surface area (Å²) in [5.41, 5.74) is 0. The van der Waals surface area contributed by atoms with Gasteiger partial charge in [-0.3, -0.25) is 9.59 Å². The van der Waals surface area contributed by atoms with Gasteiger partial charge in [-0.2, -0.15) is 0 Å². The second-order valence-corrected chi connectivity index (χ2v) is 8.76. The van der Waals surface area contributed by atoms with Crippen LogP contribution in [0.2, 0.25) is 0 Å². The van der Waals surface area contributed by atoms with Crippen molar-refractivity contribution in [3.05, 3.63) is 0 Å². The van der Waals surface area contributed by atoms with E-state index in [1.807, 2.05) is 0 Å². The van der Waals surface area contributed by atoms with Crippen LogP contribution in [-0.2, 0) is 9.59 Å². The Kier molecular flexibility index (Phi) is 22.1. The van der Waals surface area contributed by atoms with Crippen LogP contribution in [0, 0.1) is 0 Å². The van der Waals surface area contributed by atoms with E-state index in [2.05, 4.69) is 13.8 Å². The maximum absolute atomic E-state index is 11.9. The van der Waals surface area contributed by atoms with Crippen LogP contribution in [0.4, 0.5) is 0 Å². The zero-order valence-corrected chi connectivity index (χ0v) is 19.4. The van der Waals surface area contributed by atoms with E-state index in [1.54, 1.807) is 0 Å². The predicted molar refractivity (Wildman–Crippen MR) is 123 cm³/mol. The van der Waals surface area contributed by atoms with E-state index in [1.165, 1.54) is 96.3 Å². The zero-order chi connectivity index (χ0) is 20.7. The first-order valence-electron chi connectivity index (χ1n) is 12.7. The van der Waals surface area contributed by atoms with Gasteiger partial charge in [-0.05, 0) is 12.8 Å². The molecule has 2 heteroatoms. The van der Waals surface area contributed by atoms with Gasteiger partial charge in [-0.1, -0.05) is 123 Å². The fourth-order valence-corrected chi connectivity index (χ4v) is 3.84. The predicted octanol–water partition coefficient (Wildman–Crippen LogP) is 8.75. The third kappa shape index (κ3) is 21.6. The molecule has 0 bridgehead atoms. The monoisotopic (exact) mass is 394 g/mol. The van der Waals surface area contributed by atoms with E-state index < -0.39 is 0 Å². The van der Waals surface area contributed by atoms with E-state index in [0.717, 1.165) is 25.7 Å². The molecule has 0 aliphatic rings. The number of carbonyl (C=O) groups excluding carboxylic acids is 2. The van der Waals surface area contributed by atoms with Gasteiger partial charge in [-0.25, -0.2) is 0 Å². The summed E-state index contributed by atoms with van der Waals surface area (Å²) in [5, 5.41) is 0. The molecule has 0 unspecified atom stereocenters. The molecule has 2 nitrogen and oxygen atoms in total. The van der Waals surface area contributed by atoms with Crippen molar-refractivity contribution in [2.24, 2.45) is 0 Å². The molecule has 0 amide bonds. The normalized spacial score (nSPS) is 11.1. The lowest BCUT2D eigenvalue weighted by Crippen LogP contribution is -2.07. The van der Waals surface area contributed by atoms with Gasteiger partial charge >= 0.3 is 0 Å². The van der Waals surface area contributed by atoms with E-state index in [9.17, 15) is 9.59 Å². The third-order valence-corrected chi connectivity index (χ3v) is 5.76. The average Bonchev–Trinajstić information content (AvgIpc) is 2.68. The molecule has 0 aliphatic heterocycles. The molecule has 0 saturated carbocycles. The van der Waals surface area contributed by atoms with E-state index in [4.69, 9.17) is 0 Å². The summed E-state index contributed by atoms with van der Waals surface area (Å²) in [6, 6.07) is 0. The highest BCUT2D eigenvalue weighted by atomic mass is 16.1. The smallest absolute Gasteiger partial charge is 0.140 e. The molecule has 166 valence electrons. The Hall–Kier alpha value is -0.660. The largest absolute Gasteiger partial charge is 0.299 e. The van der Waals surface area contributed by atoms with Crippen LogP contribution in [0.5, 0.6) is 0 Å². The van der Waals surface area contributed by atoms with Gasteiger partial charge in [0, 0.05) is 12.8 Å². The molecule has 0 rings (SSSR count). The molecule has 0 aromatic rings. The summed E-state index contributed by atoms with van der Waals surface area (Å²) < 4.78 is 0. The fourth-order valence-electron chi connectivity index (χ4n) is 3.84. The molecular formula is C26H50O2. The lowest BCUT2D eigenvalue weighted by Gasteiger charge is -2.04. The Balaban J connectivity index is 3.32. The molecule has 0 atom stereocenters. The first-order chi connectivity index (χ1) is 13.7. The summed E-state index contributed by atoms with van der Waals surface area (Å²) in [5.74, 6) is 0.334. The number of unbranched alkanes of at least 4 members (excludes halogenated alkanes) is 17. The highest BCUT2D eigenvalue weighted by Crippen LogP contribution is 2.13. The van der Waals surface area contributed by atoms with Crippen molar-refractivity contribution in [3.63, 3.8) is 0 Å². The standard InChI is InChI=1S/C26H50O2/c1-3-5-7-9-11-13-15-17-19-21-23-26(28)24-25(27)22-20-18-16-14-12-10-8-6-4-2/h3-24H2,1-2H3. The molecule has 0 spiro atoms. The van der Waals surface area contributed by atoms with Crippen LogP contribution >= 0.6 is 0 Å². The molecule has 0 radical (unpaired) electrons. The molecule has 0 aliphatic carbocycles. The lowest BCUT2D eigenvalue weighted by molar-refractivity contribution is -0.127. The Morgan fingerprint density at radius 1 is 0.393 bits per heavy atom. The van der Waals surface area contributed by atoms with Crippen LogP contribution in [0.25, 0.3) is 0 Å². The Morgan fingerprint density at radius 3 is 0.929 bits per heavy atom. The van der Waals surface area contributed by atoms with Crippen molar-refractivity contribution < 1.29 is 9.59 Å². The van der Waals surface area contributed by atoms with Gasteiger partial charge in [0.25, 0.3) is 0 Å². The van der Waals surface area contributed by atoms with Gasteiger partial charge in [-0.15, -0.1) is 0 Å². The number of hydrogen-bond acceptors (Lipinski definition) is 2. The summed E-state index contributed by atoms with van der Waals surface area (Å²) in [6.45, 7) is 4.51. The summed E-state index contributed by atoms with van der Waals surface area (Å²) in [6.07, 6.45) is 25.6. The van der Waals surface area contributed by atoms with Crippen molar-refractivity contribution >= 4 is 11.6 Å². The second kappa shape index (κ2) is 22.6. The molecule has 0 fully saturated rings. The maximum Gasteiger partial charge on any atom is 0.140 e. The number of rotatable bonds is 23. The minimum absolute atomic E-state index is 0.167. The van der Waals surface area contributed by atoms with Gasteiger partial charge in [0.1, 0.15) is 11.6 Å². The van der Waals surface area contributed by atoms with Crippen molar-refractivity contribution in [1.82, 2.24) is 0 Å². The Morgan fingerprint density at radius 2 is 0.643 bits per heavy atom. The number of Topliss-reactive ketones (excluding diaryl/α,β-unsaturated/α-hetero) is 2. The SMILES string of the molecule is CCCCCCCCCCCCC(=O)CC(=O)CCCCCCCCCCC. The summed E-state index contributed by atoms with van der Waals surface area (Å²) in [7, 11) is 0. The first kappa shape index (κ1) is 27.3. The number of ketones is 2. The maximum atomic E-state index is 11.9. The number of carbonyl (C=O) groups is 2. The van der Waals surface area contributed by atoms with E-state index >= 15 is 0 Å². The molecular weight excluding hydrogens is 344 g/mol. The summed E-state index contributed by atoms with van der Waals surface area (Å²) in [4.78, 5) is 23.9. The quantitative estimate of drug-likeness (QED) is 0.128. The fraction of sp³-hybridized carbons (Fsp3) is 0.923. The molecule has 28 heavy (non-hydrogen) atoms. The van der Waals surface area contributed by atoms with Crippen molar-refractivity contribution in [1.29, 1.82) is 0 Å². The van der Waals surface area contributed by atoms with Crippen LogP contribution in [-0.4, -0.2) is 11.6 Å². The zero-order valence-electron chi connectivity index (χ0n) is 19.4. The minimum Gasteiger partial charge on any atom is -0.299 e. The highest BCUT2D eigenvalue weighted by Gasteiger charge is 2.09. The topological polar surface area (TPSA) is 34.1 Å². The number of hydrogen-bond donors (Lipinski definition) is 0. The van der Waals surface area contributed by atoms with E-state index in [-0.39, 0.29) is 18.0 Å². The molecule has 0 saturated heterocycles. The first-order valence-corrected chi connectivity index (χ1v) is 12.7. The van der Waals surface area contributed by atoms with Crippen molar-refractivity contribution in [2.45, 2.75) is 155 Å². The third-order valence-electron chi connectivity index (χ3n) is 5.76. The second-order valence-electron chi connectivity index (χ2n) is 8.76. The van der Waals surface area contributed by atoms with Crippen LogP contribution in [0.15, 0.2) is 0 Å². The van der Waals surface area contributed by atoms with E-state index in [0.29, 0.717) is 12.8 Å². The molecule has 0 aromatic carbocycles. The van der Waals surface area contributed by atoms with Gasteiger partial charge in [0.15, 0.2) is 0 Å². The summed E-state index contributed by atoms with van der Waals surface area (Å²) >= 11 is 0. The van der Waals surface area contributed by atoms with Gasteiger partial charge < -0.3 is 0 Å². The van der Waals surface area contributed by atoms with Crippen molar-refractivity contribution in [3.8, 4) is 0 Å². The molecule has 0 heterocycles. The average molecular weight is 395 g/mol. The molecule has 0 aromatic heterocycles. The minimum atomic E-state index is 0.167. The highest BCUT2D eigenvalue weighted by molar-refractivity contribution is 5.98.